The molecule has 2 aromatic rings. The van der Waals surface area contributed by atoms with Crippen LogP contribution >= 0.6 is 0 Å². The second-order valence-electron chi connectivity index (χ2n) is 10.3. The summed E-state index contributed by atoms with van der Waals surface area (Å²) in [5, 5.41) is 3.00. The van der Waals surface area contributed by atoms with Crippen LogP contribution in [-0.4, -0.2) is 35.8 Å². The molecule has 36 heavy (non-hydrogen) atoms. The van der Waals surface area contributed by atoms with E-state index in [2.05, 4.69) is 16.4 Å². The quantitative estimate of drug-likeness (QED) is 0.548. The highest BCUT2D eigenvalue weighted by molar-refractivity contribution is 5.75. The minimum atomic E-state index is -0.368. The van der Waals surface area contributed by atoms with E-state index in [4.69, 9.17) is 9.47 Å². The minimum Gasteiger partial charge on any atom is -0.462 e. The van der Waals surface area contributed by atoms with Crippen molar-refractivity contribution in [2.45, 2.75) is 51.7 Å². The molecule has 5 rings (SSSR count). The van der Waals surface area contributed by atoms with Crippen LogP contribution in [0.25, 0.3) is 17.2 Å². The molecule has 7 heteroatoms. The lowest BCUT2D eigenvalue weighted by Crippen LogP contribution is -2.48. The maximum absolute atomic E-state index is 13.6. The van der Waals surface area contributed by atoms with E-state index in [0.29, 0.717) is 18.4 Å². The first-order valence-corrected chi connectivity index (χ1v) is 13.0. The fraction of sp³-hybridized carbons (Fsp3) is 0.483. The molecule has 0 spiro atoms. The Morgan fingerprint density at radius 2 is 2.08 bits per heavy atom. The van der Waals surface area contributed by atoms with E-state index >= 15 is 0 Å². The topological polar surface area (TPSA) is 77.5 Å². The van der Waals surface area contributed by atoms with Crippen LogP contribution < -0.4 is 5.32 Å². The third-order valence-corrected chi connectivity index (χ3v) is 8.18. The lowest BCUT2D eigenvalue weighted by molar-refractivity contribution is -0.144. The average molecular weight is 493 g/mol. The van der Waals surface area contributed by atoms with Gasteiger partial charge in [-0.05, 0) is 87.1 Å². The van der Waals surface area contributed by atoms with Crippen LogP contribution in [0.3, 0.4) is 0 Å². The second kappa shape index (κ2) is 10.4. The Morgan fingerprint density at radius 1 is 1.22 bits per heavy atom. The van der Waals surface area contributed by atoms with Gasteiger partial charge in [-0.1, -0.05) is 24.3 Å². The summed E-state index contributed by atoms with van der Waals surface area (Å²) in [7, 11) is 0. The molecule has 7 atom stereocenters. The maximum atomic E-state index is 13.6. The lowest BCUT2D eigenvalue weighted by atomic mass is 9.57. The van der Waals surface area contributed by atoms with E-state index in [1.807, 2.05) is 31.2 Å². The number of benzene rings is 1. The maximum Gasteiger partial charge on any atom is 0.407 e. The van der Waals surface area contributed by atoms with E-state index in [9.17, 15) is 14.0 Å². The molecule has 3 fully saturated rings. The highest BCUT2D eigenvalue weighted by atomic mass is 19.1. The molecule has 1 N–H and O–H groups in total. The summed E-state index contributed by atoms with van der Waals surface area (Å²) < 4.78 is 24.3. The monoisotopic (exact) mass is 492 g/mol. The predicted molar refractivity (Wildman–Crippen MR) is 134 cm³/mol. The number of fused-ring (bicyclic) bond motifs is 2. The van der Waals surface area contributed by atoms with E-state index in [-0.39, 0.29) is 47.8 Å². The number of carbonyl (C=O) groups is 2. The van der Waals surface area contributed by atoms with E-state index < -0.39 is 0 Å². The zero-order chi connectivity index (χ0) is 25.2. The van der Waals surface area contributed by atoms with Crippen molar-refractivity contribution in [2.75, 3.05) is 6.61 Å². The number of esters is 1. The number of pyridine rings is 1. The van der Waals surface area contributed by atoms with Crippen molar-refractivity contribution in [1.82, 2.24) is 10.3 Å². The zero-order valence-corrected chi connectivity index (χ0v) is 20.7. The third-order valence-electron chi connectivity index (χ3n) is 8.18. The molecule has 1 aromatic carbocycles. The SMILES string of the molecule is CCOC(=O)N[C@@H]1CC[C@@H]2C(C=Cc3ccc(-c4cccc(F)c4)cn3)[C@H]3[C@H](C[C@@H]2C1)C(=O)O[C@@H]3C. The number of aromatic nitrogens is 1. The Bertz CT molecular complexity index is 1130. The van der Waals surface area contributed by atoms with Gasteiger partial charge in [0.15, 0.2) is 0 Å². The highest BCUT2D eigenvalue weighted by Crippen LogP contribution is 2.53. The molecule has 2 aliphatic carbocycles. The first kappa shape index (κ1) is 24.5. The molecular weight excluding hydrogens is 459 g/mol. The number of alkyl carbamates (subject to hydrolysis) is 1. The molecule has 6 nitrogen and oxygen atoms in total. The molecule has 0 bridgehead atoms. The molecular formula is C29H33FN2O4. The molecule has 2 saturated carbocycles. The van der Waals surface area contributed by atoms with Crippen molar-refractivity contribution in [2.24, 2.45) is 29.6 Å². The van der Waals surface area contributed by atoms with Gasteiger partial charge in [0.1, 0.15) is 11.9 Å². The fourth-order valence-electron chi connectivity index (χ4n) is 6.64. The Balaban J connectivity index is 1.34. The molecule has 1 aromatic heterocycles. The third kappa shape index (κ3) is 5.01. The minimum absolute atomic E-state index is 0.0679. The summed E-state index contributed by atoms with van der Waals surface area (Å²) in [6, 6.07) is 10.4. The van der Waals surface area contributed by atoms with Crippen LogP contribution in [0.15, 0.2) is 48.7 Å². The molecule has 3 aliphatic rings. The zero-order valence-electron chi connectivity index (χ0n) is 20.7. The molecule has 2 heterocycles. The van der Waals surface area contributed by atoms with Crippen molar-refractivity contribution in [1.29, 1.82) is 0 Å². The van der Waals surface area contributed by atoms with Gasteiger partial charge < -0.3 is 14.8 Å². The van der Waals surface area contributed by atoms with Gasteiger partial charge in [-0.15, -0.1) is 0 Å². The largest absolute Gasteiger partial charge is 0.462 e. The van der Waals surface area contributed by atoms with Crippen molar-refractivity contribution in [3.8, 4) is 11.1 Å². The number of ether oxygens (including phenoxy) is 2. The Morgan fingerprint density at radius 3 is 2.83 bits per heavy atom. The van der Waals surface area contributed by atoms with Crippen molar-refractivity contribution in [3.05, 3.63) is 60.2 Å². The molecule has 0 radical (unpaired) electrons. The van der Waals surface area contributed by atoms with Gasteiger partial charge in [-0.3, -0.25) is 9.78 Å². The van der Waals surface area contributed by atoms with Crippen LogP contribution in [0.1, 0.15) is 45.2 Å². The highest BCUT2D eigenvalue weighted by Gasteiger charge is 2.54. The summed E-state index contributed by atoms with van der Waals surface area (Å²) in [6.07, 6.45) is 9.07. The Kier molecular flexibility index (Phi) is 7.08. The summed E-state index contributed by atoms with van der Waals surface area (Å²) in [6.45, 7) is 4.15. The van der Waals surface area contributed by atoms with E-state index in [0.717, 1.165) is 42.5 Å². The summed E-state index contributed by atoms with van der Waals surface area (Å²) in [5.74, 6) is 0.629. The number of rotatable bonds is 5. The van der Waals surface area contributed by atoms with Crippen molar-refractivity contribution >= 4 is 18.1 Å². The first-order chi connectivity index (χ1) is 17.4. The molecule has 1 amide bonds. The van der Waals surface area contributed by atoms with Gasteiger partial charge in [0.2, 0.25) is 0 Å². The number of halogens is 1. The van der Waals surface area contributed by atoms with Crippen LogP contribution in [-0.2, 0) is 14.3 Å². The normalized spacial score (nSPS) is 31.4. The summed E-state index contributed by atoms with van der Waals surface area (Å²) in [4.78, 5) is 29.2. The number of amides is 1. The summed E-state index contributed by atoms with van der Waals surface area (Å²) in [5.41, 5.74) is 2.48. The van der Waals surface area contributed by atoms with Crippen molar-refractivity contribution < 1.29 is 23.5 Å². The number of cyclic esters (lactones) is 1. The first-order valence-electron chi connectivity index (χ1n) is 13.0. The van der Waals surface area contributed by atoms with Gasteiger partial charge in [-0.2, -0.15) is 0 Å². The number of hydrogen-bond acceptors (Lipinski definition) is 5. The van der Waals surface area contributed by atoms with Crippen LogP contribution in [0.4, 0.5) is 9.18 Å². The van der Waals surface area contributed by atoms with Gasteiger partial charge >= 0.3 is 12.1 Å². The van der Waals surface area contributed by atoms with Crippen LogP contribution in [0.5, 0.6) is 0 Å². The van der Waals surface area contributed by atoms with Crippen molar-refractivity contribution in [3.63, 3.8) is 0 Å². The number of hydrogen-bond donors (Lipinski definition) is 1. The molecule has 1 saturated heterocycles. The molecule has 1 aliphatic heterocycles. The van der Waals surface area contributed by atoms with E-state index in [1.54, 1.807) is 19.2 Å². The van der Waals surface area contributed by atoms with Gasteiger partial charge in [0.05, 0.1) is 18.2 Å². The van der Waals surface area contributed by atoms with Crippen LogP contribution in [0.2, 0.25) is 0 Å². The van der Waals surface area contributed by atoms with E-state index in [1.165, 1.54) is 12.1 Å². The standard InChI is InChI=1S/C29H33FN2O4/c1-3-35-29(34)32-23-10-11-24-20(14-23)15-26-27(17(2)36-28(26)33)25(24)12-9-22-8-7-19(16-31-22)18-5-4-6-21(30)13-18/h4-9,12-13,16-17,20,23-27H,3,10-11,14-15H2,1-2H3,(H,32,34)/t17-,20+,23-,24+,25?,26+,27+/m1/s1. The predicted octanol–water partition coefficient (Wildman–Crippen LogP) is 5.63. The van der Waals surface area contributed by atoms with Crippen LogP contribution in [0, 0.1) is 35.4 Å². The Labute approximate surface area is 211 Å². The average Bonchev–Trinajstić information content (AvgIpc) is 3.15. The summed E-state index contributed by atoms with van der Waals surface area (Å²) >= 11 is 0. The number of nitrogens with one attached hydrogen (secondary N) is 1. The van der Waals surface area contributed by atoms with Gasteiger partial charge in [0.25, 0.3) is 0 Å². The second-order valence-corrected chi connectivity index (χ2v) is 10.3. The lowest BCUT2D eigenvalue weighted by Gasteiger charge is -2.47. The fourth-order valence-corrected chi connectivity index (χ4v) is 6.64. The number of nitrogens with zero attached hydrogens (tertiary/aromatic N) is 1. The van der Waals surface area contributed by atoms with Gasteiger partial charge in [0, 0.05) is 23.7 Å². The number of allylic oxidation sites excluding steroid dienone is 1. The molecule has 190 valence electrons. The number of carbonyl (C=O) groups excluding carboxylic acids is 2. The Hall–Kier alpha value is -3.22. The smallest absolute Gasteiger partial charge is 0.407 e. The molecule has 1 unspecified atom stereocenters. The van der Waals surface area contributed by atoms with Gasteiger partial charge in [-0.25, -0.2) is 9.18 Å².